The Labute approximate surface area is 161 Å². The van der Waals surface area contributed by atoms with Crippen LogP contribution in [0, 0.1) is 0 Å². The summed E-state index contributed by atoms with van der Waals surface area (Å²) in [5.41, 5.74) is 11.6. The maximum atomic E-state index is 6.06. The Balaban J connectivity index is 1.56. The lowest BCUT2D eigenvalue weighted by molar-refractivity contribution is 0.244. The van der Waals surface area contributed by atoms with Gasteiger partial charge >= 0.3 is 0 Å². The largest absolute Gasteiger partial charge is 0.398 e. The molecule has 5 nitrogen and oxygen atoms in total. The van der Waals surface area contributed by atoms with Crippen LogP contribution in [-0.4, -0.2) is 40.5 Å². The fourth-order valence-corrected chi connectivity index (χ4v) is 3.88. The summed E-state index contributed by atoms with van der Waals surface area (Å²) in [7, 11) is 0. The van der Waals surface area contributed by atoms with Gasteiger partial charge in [0.2, 0.25) is 0 Å². The number of benzene rings is 1. The molecule has 142 valence electrons. The Bertz CT molecular complexity index is 915. The molecule has 0 spiro atoms. The number of rotatable bonds is 3. The third-order valence-corrected chi connectivity index (χ3v) is 5.32. The number of hydrogen-bond acceptors (Lipinski definition) is 4. The molecule has 0 radical (unpaired) electrons. The maximum absolute atomic E-state index is 6.06. The minimum atomic E-state index is 0.00196. The number of anilines is 2. The summed E-state index contributed by atoms with van der Waals surface area (Å²) in [6.45, 7) is 11.8. The van der Waals surface area contributed by atoms with E-state index in [2.05, 4.69) is 65.3 Å². The maximum Gasteiger partial charge on any atom is 0.137 e. The fraction of sp³-hybridized carbons (Fsp3) is 0.409. The van der Waals surface area contributed by atoms with Crippen molar-refractivity contribution in [2.45, 2.75) is 32.7 Å². The first kappa shape index (κ1) is 17.9. The summed E-state index contributed by atoms with van der Waals surface area (Å²) in [4.78, 5) is 9.92. The highest BCUT2D eigenvalue weighted by atomic mass is 15.3. The molecule has 1 aliphatic rings. The number of aromatic nitrogens is 2. The van der Waals surface area contributed by atoms with Gasteiger partial charge in [0.05, 0.1) is 11.4 Å². The molecule has 1 fully saturated rings. The van der Waals surface area contributed by atoms with Crippen LogP contribution in [0.15, 0.2) is 48.7 Å². The second-order valence-corrected chi connectivity index (χ2v) is 8.45. The third-order valence-electron chi connectivity index (χ3n) is 5.32. The van der Waals surface area contributed by atoms with Gasteiger partial charge in [0, 0.05) is 55.7 Å². The number of para-hydroxylation sites is 1. The van der Waals surface area contributed by atoms with Crippen LogP contribution in [0.3, 0.4) is 0 Å². The lowest BCUT2D eigenvalue weighted by Gasteiger charge is -2.36. The molecule has 1 saturated heterocycles. The molecular weight excluding hydrogens is 334 g/mol. The minimum absolute atomic E-state index is 0.00196. The number of imidazole rings is 1. The molecule has 4 rings (SSSR count). The average molecular weight is 364 g/mol. The Hall–Kier alpha value is -2.53. The number of hydrogen-bond donors (Lipinski definition) is 1. The van der Waals surface area contributed by atoms with Gasteiger partial charge < -0.3 is 15.0 Å². The first-order valence-corrected chi connectivity index (χ1v) is 9.71. The fourth-order valence-electron chi connectivity index (χ4n) is 3.88. The van der Waals surface area contributed by atoms with Gasteiger partial charge in [-0.3, -0.25) is 4.90 Å². The van der Waals surface area contributed by atoms with E-state index in [1.165, 1.54) is 17.1 Å². The zero-order chi connectivity index (χ0) is 19.0. The second kappa shape index (κ2) is 6.89. The Morgan fingerprint density at radius 2 is 1.67 bits per heavy atom. The molecule has 1 aliphatic heterocycles. The topological polar surface area (TPSA) is 49.8 Å². The predicted octanol–water partition coefficient (Wildman–Crippen LogP) is 3.54. The van der Waals surface area contributed by atoms with Crippen LogP contribution in [0.2, 0.25) is 0 Å². The van der Waals surface area contributed by atoms with E-state index in [0.29, 0.717) is 0 Å². The highest BCUT2D eigenvalue weighted by molar-refractivity contribution is 5.51. The molecule has 27 heavy (non-hydrogen) atoms. The van der Waals surface area contributed by atoms with Crippen LogP contribution in [0.25, 0.3) is 5.65 Å². The molecule has 0 bridgehead atoms. The van der Waals surface area contributed by atoms with Gasteiger partial charge in [-0.25, -0.2) is 4.98 Å². The van der Waals surface area contributed by atoms with Crippen LogP contribution in [-0.2, 0) is 12.0 Å². The van der Waals surface area contributed by atoms with Crippen molar-refractivity contribution in [3.05, 3.63) is 60.0 Å². The van der Waals surface area contributed by atoms with Crippen molar-refractivity contribution in [2.75, 3.05) is 36.8 Å². The van der Waals surface area contributed by atoms with Gasteiger partial charge in [-0.15, -0.1) is 0 Å². The molecule has 0 atom stereocenters. The van der Waals surface area contributed by atoms with E-state index < -0.39 is 0 Å². The van der Waals surface area contributed by atoms with Gasteiger partial charge in [0.15, 0.2) is 0 Å². The summed E-state index contributed by atoms with van der Waals surface area (Å²) in [6, 6.07) is 14.6. The molecule has 0 saturated carbocycles. The Kier molecular flexibility index (Phi) is 4.56. The highest BCUT2D eigenvalue weighted by Gasteiger charge is 2.26. The quantitative estimate of drug-likeness (QED) is 0.773. The van der Waals surface area contributed by atoms with Gasteiger partial charge in [-0.1, -0.05) is 39.0 Å². The van der Waals surface area contributed by atoms with Crippen molar-refractivity contribution in [3.8, 4) is 0 Å². The zero-order valence-electron chi connectivity index (χ0n) is 16.5. The van der Waals surface area contributed by atoms with E-state index in [1.807, 2.05) is 18.3 Å². The molecule has 2 N–H and O–H groups in total. The first-order chi connectivity index (χ1) is 12.9. The molecule has 0 amide bonds. The summed E-state index contributed by atoms with van der Waals surface area (Å²) < 4.78 is 2.18. The molecular formula is C22H29N5. The van der Waals surface area contributed by atoms with Gasteiger partial charge in [-0.2, -0.15) is 0 Å². The molecule has 0 aliphatic carbocycles. The SMILES string of the molecule is CC(C)(C)c1nc2ccc(N)cn2c1CN1CCN(c2ccccc2)CC1. The monoisotopic (exact) mass is 363 g/mol. The molecule has 1 aromatic carbocycles. The summed E-state index contributed by atoms with van der Waals surface area (Å²) in [5.74, 6) is 0. The van der Waals surface area contributed by atoms with Crippen LogP contribution in [0.4, 0.5) is 11.4 Å². The third kappa shape index (κ3) is 3.65. The van der Waals surface area contributed by atoms with E-state index in [-0.39, 0.29) is 5.41 Å². The zero-order valence-corrected chi connectivity index (χ0v) is 16.5. The second-order valence-electron chi connectivity index (χ2n) is 8.45. The van der Waals surface area contributed by atoms with E-state index in [4.69, 9.17) is 10.7 Å². The van der Waals surface area contributed by atoms with Crippen molar-refractivity contribution >= 4 is 17.0 Å². The smallest absolute Gasteiger partial charge is 0.137 e. The number of nitrogens with zero attached hydrogens (tertiary/aromatic N) is 4. The van der Waals surface area contributed by atoms with Crippen molar-refractivity contribution in [3.63, 3.8) is 0 Å². The van der Waals surface area contributed by atoms with E-state index >= 15 is 0 Å². The highest BCUT2D eigenvalue weighted by Crippen LogP contribution is 2.28. The van der Waals surface area contributed by atoms with Gasteiger partial charge in [0.1, 0.15) is 5.65 Å². The van der Waals surface area contributed by atoms with Crippen LogP contribution >= 0.6 is 0 Å². The minimum Gasteiger partial charge on any atom is -0.398 e. The average Bonchev–Trinajstić information content (AvgIpc) is 3.01. The Morgan fingerprint density at radius 1 is 0.963 bits per heavy atom. The van der Waals surface area contributed by atoms with Crippen molar-refractivity contribution in [1.29, 1.82) is 0 Å². The van der Waals surface area contributed by atoms with E-state index in [0.717, 1.165) is 44.1 Å². The van der Waals surface area contributed by atoms with Gasteiger partial charge in [0.25, 0.3) is 0 Å². The molecule has 0 unspecified atom stereocenters. The summed E-state index contributed by atoms with van der Waals surface area (Å²) in [6.07, 6.45) is 2.01. The molecule has 3 heterocycles. The summed E-state index contributed by atoms with van der Waals surface area (Å²) >= 11 is 0. The number of piperazine rings is 1. The lowest BCUT2D eigenvalue weighted by atomic mass is 9.90. The van der Waals surface area contributed by atoms with Crippen LogP contribution < -0.4 is 10.6 Å². The number of nitrogens with two attached hydrogens (primary N) is 1. The van der Waals surface area contributed by atoms with Crippen molar-refractivity contribution in [2.24, 2.45) is 0 Å². The standard InChI is InChI=1S/C22H29N5/c1-22(2,3)21-19(27-15-17(23)9-10-20(27)24-21)16-25-11-13-26(14-12-25)18-7-5-4-6-8-18/h4-10,15H,11-14,16,23H2,1-3H3. The number of pyridine rings is 1. The first-order valence-electron chi connectivity index (χ1n) is 9.71. The Morgan fingerprint density at radius 3 is 2.33 bits per heavy atom. The number of fused-ring (bicyclic) bond motifs is 1. The number of nitrogen functional groups attached to an aromatic ring is 1. The summed E-state index contributed by atoms with van der Waals surface area (Å²) in [5, 5.41) is 0. The van der Waals surface area contributed by atoms with E-state index in [1.54, 1.807) is 0 Å². The van der Waals surface area contributed by atoms with Crippen molar-refractivity contribution < 1.29 is 0 Å². The van der Waals surface area contributed by atoms with E-state index in [9.17, 15) is 0 Å². The molecule has 3 aromatic rings. The van der Waals surface area contributed by atoms with Crippen molar-refractivity contribution in [1.82, 2.24) is 14.3 Å². The lowest BCUT2D eigenvalue weighted by Crippen LogP contribution is -2.46. The van der Waals surface area contributed by atoms with Crippen LogP contribution in [0.5, 0.6) is 0 Å². The molecule has 5 heteroatoms. The molecule has 2 aromatic heterocycles. The predicted molar refractivity (Wildman–Crippen MR) is 112 cm³/mol. The van der Waals surface area contributed by atoms with Gasteiger partial charge in [-0.05, 0) is 24.3 Å². The normalized spacial score (nSPS) is 16.2. The van der Waals surface area contributed by atoms with Crippen LogP contribution in [0.1, 0.15) is 32.2 Å².